The van der Waals surface area contributed by atoms with E-state index >= 15 is 0 Å². The molecule has 0 atom stereocenters. The molecule has 246 valence electrons. The second-order valence-electron chi connectivity index (χ2n) is 10.3. The lowest BCUT2D eigenvalue weighted by atomic mass is 9.92. The summed E-state index contributed by atoms with van der Waals surface area (Å²) in [5.41, 5.74) is 3.70. The largest absolute Gasteiger partial charge is 0.504 e. The number of phenols is 6. The molecule has 0 saturated carbocycles. The number of hydrogen-bond donors (Lipinski definition) is 6. The fraction of sp³-hybridized carbons (Fsp3) is 0.294. The van der Waals surface area contributed by atoms with E-state index in [0.29, 0.717) is 93.6 Å². The zero-order valence-electron chi connectivity index (χ0n) is 26.4. The minimum absolute atomic E-state index is 0.322. The van der Waals surface area contributed by atoms with Gasteiger partial charge in [-0.15, -0.1) is 0 Å². The van der Waals surface area contributed by atoms with Gasteiger partial charge >= 0.3 is 0 Å². The maximum atomic E-state index is 10.0. The van der Waals surface area contributed by atoms with Crippen LogP contribution in [0.4, 0.5) is 0 Å². The van der Waals surface area contributed by atoms with Crippen molar-refractivity contribution in [3.63, 3.8) is 0 Å². The summed E-state index contributed by atoms with van der Waals surface area (Å²) in [5.74, 6) is -0.736. The fourth-order valence-electron chi connectivity index (χ4n) is 5.52. The summed E-state index contributed by atoms with van der Waals surface area (Å²) in [5, 5.41) is 59.6. The van der Waals surface area contributed by atoms with Gasteiger partial charge in [0.15, 0.2) is 57.5 Å². The molecule has 6 N–H and O–H groups in total. The number of aromatic hydroxyl groups is 6. The molecule has 4 rings (SSSR count). The van der Waals surface area contributed by atoms with Gasteiger partial charge in [-0.05, 0) is 84.3 Å². The molecule has 0 aliphatic rings. The van der Waals surface area contributed by atoms with Crippen molar-refractivity contribution < 1.29 is 59.1 Å². The number of aryl methyl sites for hydroxylation is 4. The van der Waals surface area contributed by atoms with Crippen molar-refractivity contribution in [1.29, 1.82) is 0 Å². The lowest BCUT2D eigenvalue weighted by molar-refractivity contribution is 0.320. The van der Waals surface area contributed by atoms with E-state index in [1.807, 2.05) is 12.1 Å². The quantitative estimate of drug-likeness (QED) is 0.106. The zero-order valence-corrected chi connectivity index (χ0v) is 26.4. The van der Waals surface area contributed by atoms with Crippen molar-refractivity contribution in [2.24, 2.45) is 0 Å². The van der Waals surface area contributed by atoms with Crippen LogP contribution in [0.3, 0.4) is 0 Å². The Labute approximate surface area is 266 Å². The first kappa shape index (κ1) is 33.4. The number of hydrogen-bond acceptors (Lipinski definition) is 12. The van der Waals surface area contributed by atoms with Gasteiger partial charge < -0.3 is 59.1 Å². The Morgan fingerprint density at radius 2 is 0.652 bits per heavy atom. The van der Waals surface area contributed by atoms with Crippen LogP contribution in [0.1, 0.15) is 22.3 Å². The smallest absolute Gasteiger partial charge is 0.204 e. The summed E-state index contributed by atoms with van der Waals surface area (Å²) in [4.78, 5) is 0. The third kappa shape index (κ3) is 6.32. The number of ether oxygens (including phenoxy) is 6. The average Bonchev–Trinajstić information content (AvgIpc) is 3.05. The highest BCUT2D eigenvalue weighted by Gasteiger charge is 2.28. The highest BCUT2D eigenvalue weighted by molar-refractivity contribution is 5.85. The van der Waals surface area contributed by atoms with Crippen LogP contribution >= 0.6 is 0 Å². The predicted octanol–water partition coefficient (Wildman–Crippen LogP) is 5.21. The maximum Gasteiger partial charge on any atom is 0.204 e. The van der Waals surface area contributed by atoms with E-state index in [4.69, 9.17) is 28.4 Å². The van der Waals surface area contributed by atoms with Gasteiger partial charge in [0.2, 0.25) is 11.5 Å². The highest BCUT2D eigenvalue weighted by atomic mass is 16.5. The predicted molar refractivity (Wildman–Crippen MR) is 169 cm³/mol. The van der Waals surface area contributed by atoms with E-state index in [2.05, 4.69) is 0 Å². The first-order chi connectivity index (χ1) is 22.0. The Morgan fingerprint density at radius 1 is 0.370 bits per heavy atom. The molecule has 0 saturated heterocycles. The monoisotopic (exact) mass is 638 g/mol. The van der Waals surface area contributed by atoms with Gasteiger partial charge in [-0.2, -0.15) is 0 Å². The van der Waals surface area contributed by atoms with E-state index in [9.17, 15) is 30.6 Å². The molecule has 0 spiro atoms. The van der Waals surface area contributed by atoms with E-state index in [0.717, 1.165) is 0 Å². The van der Waals surface area contributed by atoms with Crippen LogP contribution in [-0.2, 0) is 25.7 Å². The van der Waals surface area contributed by atoms with Crippen molar-refractivity contribution >= 4 is 0 Å². The van der Waals surface area contributed by atoms with Crippen LogP contribution in [0.2, 0.25) is 0 Å². The second-order valence-corrected chi connectivity index (χ2v) is 10.3. The Bertz CT molecular complexity index is 1560. The first-order valence-electron chi connectivity index (χ1n) is 14.1. The van der Waals surface area contributed by atoms with Gasteiger partial charge in [-0.3, -0.25) is 0 Å². The summed E-state index contributed by atoms with van der Waals surface area (Å²) >= 11 is 0. The minimum Gasteiger partial charge on any atom is -0.504 e. The summed E-state index contributed by atoms with van der Waals surface area (Å²) in [6.45, 7) is 0. The molecule has 0 aliphatic heterocycles. The Morgan fingerprint density at radius 3 is 0.913 bits per heavy atom. The van der Waals surface area contributed by atoms with Gasteiger partial charge in [0, 0.05) is 11.1 Å². The Kier molecular flexibility index (Phi) is 10.2. The molecule has 0 unspecified atom stereocenters. The van der Waals surface area contributed by atoms with Crippen LogP contribution in [0, 0.1) is 0 Å². The molecule has 0 fully saturated rings. The van der Waals surface area contributed by atoms with E-state index in [-0.39, 0.29) is 0 Å². The number of benzene rings is 4. The zero-order chi connectivity index (χ0) is 33.7. The van der Waals surface area contributed by atoms with Crippen LogP contribution in [0.25, 0.3) is 11.1 Å². The molecule has 0 radical (unpaired) electrons. The number of phenolic OH excluding ortho intramolecular Hbond substituents is 6. The van der Waals surface area contributed by atoms with Gasteiger partial charge in [-0.25, -0.2) is 0 Å². The molecule has 0 aliphatic carbocycles. The molecule has 4 aromatic carbocycles. The maximum absolute atomic E-state index is 10.0. The molecule has 46 heavy (non-hydrogen) atoms. The Hall–Kier alpha value is -5.52. The standard InChI is InChI=1S/C34H38O12/c1-41-29-19(9-7-17-11-23(35)27(39)24(36)12-17)15-21(31(43-3)33(29)45-5)22-16-20(30(42-2)34(46-6)32(22)44-4)10-8-18-13-25(37)28(40)26(38)14-18/h11-16,35-40H,7-10H2,1-6H3. The van der Waals surface area contributed by atoms with Gasteiger partial charge in [0.1, 0.15) is 0 Å². The van der Waals surface area contributed by atoms with Gasteiger partial charge in [0.05, 0.1) is 42.7 Å². The van der Waals surface area contributed by atoms with Crippen molar-refractivity contribution in [2.45, 2.75) is 25.7 Å². The van der Waals surface area contributed by atoms with Crippen molar-refractivity contribution in [2.75, 3.05) is 42.7 Å². The van der Waals surface area contributed by atoms with Crippen LogP contribution < -0.4 is 28.4 Å². The lowest BCUT2D eigenvalue weighted by Gasteiger charge is -2.23. The first-order valence-corrected chi connectivity index (χ1v) is 14.1. The van der Waals surface area contributed by atoms with Crippen molar-refractivity contribution in [3.8, 4) is 80.1 Å². The minimum atomic E-state index is -0.593. The molecular weight excluding hydrogens is 600 g/mol. The third-order valence-electron chi connectivity index (χ3n) is 7.67. The molecular formula is C34H38O12. The highest BCUT2D eigenvalue weighted by Crippen LogP contribution is 2.53. The topological polar surface area (TPSA) is 177 Å². The van der Waals surface area contributed by atoms with Crippen LogP contribution in [-0.4, -0.2) is 73.3 Å². The molecule has 0 aromatic heterocycles. The summed E-state index contributed by atoms with van der Waals surface area (Å²) in [6.07, 6.45) is 1.45. The fourth-order valence-corrected chi connectivity index (χ4v) is 5.52. The van der Waals surface area contributed by atoms with Gasteiger partial charge in [0.25, 0.3) is 0 Å². The van der Waals surface area contributed by atoms with Crippen LogP contribution in [0.5, 0.6) is 69.0 Å². The van der Waals surface area contributed by atoms with E-state index in [1.165, 1.54) is 66.9 Å². The third-order valence-corrected chi connectivity index (χ3v) is 7.67. The summed E-state index contributed by atoms with van der Waals surface area (Å²) in [7, 11) is 8.99. The molecule has 4 aromatic rings. The van der Waals surface area contributed by atoms with E-state index in [1.54, 1.807) is 0 Å². The lowest BCUT2D eigenvalue weighted by Crippen LogP contribution is -2.05. The average molecular weight is 639 g/mol. The Balaban J connectivity index is 1.89. The van der Waals surface area contributed by atoms with E-state index < -0.39 is 34.5 Å². The van der Waals surface area contributed by atoms with Crippen molar-refractivity contribution in [1.82, 2.24) is 0 Å². The number of methoxy groups -OCH3 is 6. The summed E-state index contributed by atoms with van der Waals surface area (Å²) in [6, 6.07) is 9.23. The summed E-state index contributed by atoms with van der Waals surface area (Å²) < 4.78 is 34.8. The molecule has 0 heterocycles. The molecule has 0 bridgehead atoms. The normalized spacial score (nSPS) is 10.8. The molecule has 12 heteroatoms. The number of rotatable bonds is 13. The molecule has 0 amide bonds. The SMILES string of the molecule is COc1c(CCc2cc(O)c(O)c(O)c2)cc(-c2cc(CCc3cc(O)c(O)c(O)c3)c(OC)c(OC)c2OC)c(OC)c1OC. The van der Waals surface area contributed by atoms with Gasteiger partial charge in [-0.1, -0.05) is 0 Å². The van der Waals surface area contributed by atoms with Crippen LogP contribution in [0.15, 0.2) is 36.4 Å². The molecule has 12 nitrogen and oxygen atoms in total. The second kappa shape index (κ2) is 14.1. The van der Waals surface area contributed by atoms with Crippen molar-refractivity contribution in [3.05, 3.63) is 58.7 Å².